The number of fused-ring (bicyclic) bond motifs is 2. The van der Waals surface area contributed by atoms with Crippen molar-refractivity contribution in [1.29, 1.82) is 0 Å². The zero-order chi connectivity index (χ0) is 23.3. The van der Waals surface area contributed by atoms with Gasteiger partial charge < -0.3 is 14.7 Å². The summed E-state index contributed by atoms with van der Waals surface area (Å²) in [5.74, 6) is 0.526. The topological polar surface area (TPSA) is 95.9 Å². The van der Waals surface area contributed by atoms with Gasteiger partial charge >= 0.3 is 6.09 Å². The molecule has 4 saturated carbocycles. The van der Waals surface area contributed by atoms with Crippen LogP contribution in [0.1, 0.15) is 65.7 Å². The van der Waals surface area contributed by atoms with Crippen LogP contribution in [0.15, 0.2) is 0 Å². The Kier molecular flexibility index (Phi) is 4.69. The minimum absolute atomic E-state index is 0.0338. The van der Waals surface area contributed by atoms with Crippen molar-refractivity contribution in [2.45, 2.75) is 77.9 Å². The second kappa shape index (κ2) is 7.03. The predicted molar refractivity (Wildman–Crippen MR) is 120 cm³/mol. The molecule has 2 aliphatic heterocycles. The average molecular weight is 459 g/mol. The molecule has 0 aromatic heterocycles. The summed E-state index contributed by atoms with van der Waals surface area (Å²) >= 11 is 0. The van der Waals surface area contributed by atoms with Crippen LogP contribution in [0.5, 0.6) is 0 Å². The van der Waals surface area contributed by atoms with Gasteiger partial charge in [0.1, 0.15) is 11.9 Å². The van der Waals surface area contributed by atoms with E-state index in [1.54, 1.807) is 0 Å². The van der Waals surface area contributed by atoms with Crippen LogP contribution < -0.4 is 5.32 Å². The molecular formula is C26H38N2O5. The van der Waals surface area contributed by atoms with E-state index in [1.807, 2.05) is 0 Å². The number of ketones is 1. The van der Waals surface area contributed by atoms with Gasteiger partial charge in [0, 0.05) is 30.8 Å². The number of carbonyl (C=O) groups excluding carboxylic acids is 3. The van der Waals surface area contributed by atoms with Crippen LogP contribution in [0.2, 0.25) is 0 Å². The number of nitrogens with one attached hydrogen (secondary N) is 1. The molecule has 4 bridgehead atoms. The maximum atomic E-state index is 13.3. The van der Waals surface area contributed by atoms with Crippen LogP contribution in [-0.4, -0.2) is 59.6 Å². The van der Waals surface area contributed by atoms with E-state index in [1.165, 1.54) is 0 Å². The number of imide groups is 1. The number of alkyl carbamates (subject to hydrolysis) is 1. The van der Waals surface area contributed by atoms with Crippen molar-refractivity contribution in [3.8, 4) is 0 Å². The van der Waals surface area contributed by atoms with E-state index in [0.717, 1.165) is 51.7 Å². The third kappa shape index (κ3) is 2.97. The molecule has 2 saturated heterocycles. The van der Waals surface area contributed by atoms with Crippen LogP contribution >= 0.6 is 0 Å². The predicted octanol–water partition coefficient (Wildman–Crippen LogP) is 2.75. The number of carbonyl (C=O) groups is 3. The maximum absolute atomic E-state index is 13.3. The van der Waals surface area contributed by atoms with E-state index >= 15 is 0 Å². The van der Waals surface area contributed by atoms with Crippen LogP contribution in [-0.2, 0) is 14.3 Å². The Morgan fingerprint density at radius 2 is 1.94 bits per heavy atom. The first-order chi connectivity index (χ1) is 15.6. The molecule has 182 valence electrons. The Morgan fingerprint density at radius 1 is 1.15 bits per heavy atom. The largest absolute Gasteiger partial charge is 0.445 e. The van der Waals surface area contributed by atoms with Gasteiger partial charge in [0.15, 0.2) is 0 Å². The fourth-order valence-corrected chi connectivity index (χ4v) is 9.27. The molecule has 4 aliphatic carbocycles. The first-order valence-electron chi connectivity index (χ1n) is 13.0. The van der Waals surface area contributed by atoms with Crippen molar-refractivity contribution in [3.05, 3.63) is 0 Å². The average Bonchev–Trinajstić information content (AvgIpc) is 3.06. The normalized spacial score (nSPS) is 51.2. The molecule has 2 heterocycles. The summed E-state index contributed by atoms with van der Waals surface area (Å²) in [6.45, 7) is 8.93. The summed E-state index contributed by atoms with van der Waals surface area (Å²) in [6, 6.07) is 0. The van der Waals surface area contributed by atoms with Crippen molar-refractivity contribution in [2.24, 2.45) is 45.8 Å². The molecule has 2 N–H and O–H groups in total. The van der Waals surface area contributed by atoms with Crippen molar-refractivity contribution in [3.63, 3.8) is 0 Å². The van der Waals surface area contributed by atoms with Gasteiger partial charge in [-0.15, -0.1) is 0 Å². The number of rotatable bonds is 2. The number of piperidine rings is 1. The highest BCUT2D eigenvalue weighted by Crippen LogP contribution is 2.77. The summed E-state index contributed by atoms with van der Waals surface area (Å²) in [5.41, 5.74) is -0.976. The number of aliphatic hydroxyl groups is 1. The van der Waals surface area contributed by atoms with Crippen LogP contribution in [0.25, 0.3) is 0 Å². The highest BCUT2D eigenvalue weighted by molar-refractivity contribution is 5.93. The van der Waals surface area contributed by atoms with Gasteiger partial charge in [-0.3, -0.25) is 14.9 Å². The van der Waals surface area contributed by atoms with Gasteiger partial charge in [0.25, 0.3) is 0 Å². The number of hydrogen-bond donors (Lipinski definition) is 2. The first kappa shape index (κ1) is 22.0. The standard InChI is InChI=1S/C26H38N2O5/c1-14-21(30)24(2,3)11-19(26-10-16(26)4-7-25(14)8-5-18(29)20(25)26)33-23(32)27-22(31)17-13-28-9-6-15(17)12-28/h14-17,19-21,30H,4-13H2,1-3H3,(H,27,31,32)/t14-,15+,16-,17-,19+,20?,21-,25?,26-/m0/s1. The molecule has 10 atom stereocenters. The number of nitrogens with zero attached hydrogens (tertiary/aromatic N) is 1. The second-order valence-electron chi connectivity index (χ2n) is 12.9. The van der Waals surface area contributed by atoms with E-state index < -0.39 is 23.7 Å². The van der Waals surface area contributed by atoms with E-state index in [0.29, 0.717) is 24.7 Å². The summed E-state index contributed by atoms with van der Waals surface area (Å²) < 4.78 is 6.09. The van der Waals surface area contributed by atoms with Crippen molar-refractivity contribution < 1.29 is 24.2 Å². The summed E-state index contributed by atoms with van der Waals surface area (Å²) in [4.78, 5) is 41.4. The molecule has 7 heteroatoms. The Balaban J connectivity index is 1.27. The lowest BCUT2D eigenvalue weighted by molar-refractivity contribution is -0.161. The van der Waals surface area contributed by atoms with Crippen molar-refractivity contribution in [1.82, 2.24) is 10.2 Å². The number of Topliss-reactive ketones (excluding diaryl/α,β-unsaturated/α-hetero) is 1. The first-order valence-corrected chi connectivity index (χ1v) is 13.0. The van der Waals surface area contributed by atoms with Crippen LogP contribution in [0.3, 0.4) is 0 Å². The molecule has 3 unspecified atom stereocenters. The fraction of sp³-hybridized carbons (Fsp3) is 0.885. The molecule has 6 rings (SSSR count). The van der Waals surface area contributed by atoms with Gasteiger partial charge in [0.2, 0.25) is 5.91 Å². The Labute approximate surface area is 196 Å². The van der Waals surface area contributed by atoms with Crippen molar-refractivity contribution >= 4 is 17.8 Å². The molecular weight excluding hydrogens is 420 g/mol. The number of amides is 2. The summed E-state index contributed by atoms with van der Waals surface area (Å²) in [7, 11) is 0. The lowest BCUT2D eigenvalue weighted by atomic mass is 9.50. The molecule has 6 aliphatic rings. The quantitative estimate of drug-likeness (QED) is 0.661. The second-order valence-corrected chi connectivity index (χ2v) is 12.9. The minimum atomic E-state index is -0.677. The fourth-order valence-electron chi connectivity index (χ4n) is 9.27. The lowest BCUT2D eigenvalue weighted by Crippen LogP contribution is -2.58. The van der Waals surface area contributed by atoms with Gasteiger partial charge in [-0.25, -0.2) is 4.79 Å². The van der Waals surface area contributed by atoms with Gasteiger partial charge in [-0.2, -0.15) is 0 Å². The molecule has 7 nitrogen and oxygen atoms in total. The van der Waals surface area contributed by atoms with E-state index in [4.69, 9.17) is 4.74 Å². The molecule has 0 aromatic carbocycles. The Hall–Kier alpha value is -1.47. The van der Waals surface area contributed by atoms with Gasteiger partial charge in [0.05, 0.1) is 12.0 Å². The number of ether oxygens (including phenoxy) is 1. The zero-order valence-corrected chi connectivity index (χ0v) is 20.1. The highest BCUT2D eigenvalue weighted by Gasteiger charge is 2.76. The Bertz CT molecular complexity index is 903. The third-order valence-electron chi connectivity index (χ3n) is 11.1. The minimum Gasteiger partial charge on any atom is -0.445 e. The zero-order valence-electron chi connectivity index (χ0n) is 20.1. The van der Waals surface area contributed by atoms with E-state index in [-0.39, 0.29) is 40.3 Å². The number of hydrogen-bond acceptors (Lipinski definition) is 6. The Morgan fingerprint density at radius 3 is 2.64 bits per heavy atom. The lowest BCUT2D eigenvalue weighted by Gasteiger charge is -2.55. The maximum Gasteiger partial charge on any atom is 0.414 e. The van der Waals surface area contributed by atoms with E-state index in [9.17, 15) is 19.5 Å². The van der Waals surface area contributed by atoms with Gasteiger partial charge in [-0.1, -0.05) is 20.8 Å². The van der Waals surface area contributed by atoms with Gasteiger partial charge in [-0.05, 0) is 73.7 Å². The molecule has 2 amide bonds. The smallest absolute Gasteiger partial charge is 0.414 e. The van der Waals surface area contributed by atoms with Crippen LogP contribution in [0, 0.1) is 45.8 Å². The highest BCUT2D eigenvalue weighted by atomic mass is 16.6. The van der Waals surface area contributed by atoms with E-state index in [2.05, 4.69) is 31.0 Å². The van der Waals surface area contributed by atoms with Crippen LogP contribution in [0.4, 0.5) is 4.79 Å². The summed E-state index contributed by atoms with van der Waals surface area (Å²) in [5, 5.41) is 14.0. The molecule has 1 spiro atoms. The third-order valence-corrected chi connectivity index (χ3v) is 11.1. The molecule has 33 heavy (non-hydrogen) atoms. The monoisotopic (exact) mass is 458 g/mol. The summed E-state index contributed by atoms with van der Waals surface area (Å²) in [6.07, 6.45) is 4.12. The number of aliphatic hydroxyl groups excluding tert-OH is 1. The van der Waals surface area contributed by atoms with Crippen molar-refractivity contribution in [2.75, 3.05) is 19.6 Å². The SMILES string of the molecule is C[C@H]1[C@H](O)C(C)(C)C[C@@H](OC(=O)NC(=O)[C@H]2CN3CC[C@@H]2C3)[C@]23C[C@@H]2CCC12CCC(=O)C23. The molecule has 0 radical (unpaired) electrons. The molecule has 0 aromatic rings. The molecule has 6 fully saturated rings.